The lowest BCUT2D eigenvalue weighted by atomic mass is 10.1. The number of nitrogens with zero attached hydrogens (tertiary/aromatic N) is 1. The summed E-state index contributed by atoms with van der Waals surface area (Å²) >= 11 is 4.95. The second-order valence-electron chi connectivity index (χ2n) is 4.08. The molecule has 0 aromatic heterocycles. The molecular weight excluding hydrogens is 332 g/mol. The zero-order valence-corrected chi connectivity index (χ0v) is 13.1. The molecule has 0 saturated heterocycles. The van der Waals surface area contributed by atoms with Gasteiger partial charge in [-0.05, 0) is 47.3 Å². The van der Waals surface area contributed by atoms with Crippen LogP contribution in [0.5, 0.6) is 0 Å². The number of carbonyl (C=O) groups is 1. The third-order valence-electron chi connectivity index (χ3n) is 2.54. The minimum atomic E-state index is -0.514. The highest BCUT2D eigenvalue weighted by Gasteiger charge is 2.16. The molecule has 0 heterocycles. The molecule has 7 heteroatoms. The highest BCUT2D eigenvalue weighted by atomic mass is 79.9. The molecule has 104 valence electrons. The van der Waals surface area contributed by atoms with Crippen LogP contribution in [-0.2, 0) is 0 Å². The summed E-state index contributed by atoms with van der Waals surface area (Å²) in [4.78, 5) is 22.2. The number of nitrogens with one attached hydrogen (secondary N) is 1. The zero-order chi connectivity index (χ0) is 14.4. The fourth-order valence-corrected chi connectivity index (χ4v) is 2.49. The van der Waals surface area contributed by atoms with Gasteiger partial charge in [0.05, 0.1) is 10.5 Å². The Morgan fingerprint density at radius 2 is 2.26 bits per heavy atom. The topological polar surface area (TPSA) is 72.2 Å². The maximum Gasteiger partial charge on any atom is 0.270 e. The molecule has 0 aliphatic rings. The van der Waals surface area contributed by atoms with Crippen molar-refractivity contribution in [2.45, 2.75) is 19.4 Å². The summed E-state index contributed by atoms with van der Waals surface area (Å²) in [5.74, 6) is 0.654. The minimum absolute atomic E-state index is 0.0334. The predicted octanol–water partition coefficient (Wildman–Crippen LogP) is 3.23. The summed E-state index contributed by atoms with van der Waals surface area (Å²) in [7, 11) is 0. The van der Waals surface area contributed by atoms with E-state index in [1.807, 2.05) is 13.2 Å². The molecule has 5 nitrogen and oxygen atoms in total. The molecule has 1 rings (SSSR count). The van der Waals surface area contributed by atoms with E-state index in [9.17, 15) is 14.9 Å². The first kappa shape index (κ1) is 16.0. The summed E-state index contributed by atoms with van der Waals surface area (Å²) in [5.41, 5.74) is 0.190. The molecule has 19 heavy (non-hydrogen) atoms. The Kier molecular flexibility index (Phi) is 6.30. The van der Waals surface area contributed by atoms with Gasteiger partial charge in [-0.25, -0.2) is 0 Å². The van der Waals surface area contributed by atoms with E-state index < -0.39 is 4.92 Å². The predicted molar refractivity (Wildman–Crippen MR) is 80.7 cm³/mol. The van der Waals surface area contributed by atoms with Crippen molar-refractivity contribution in [3.8, 4) is 0 Å². The first-order valence-corrected chi connectivity index (χ1v) is 7.88. The van der Waals surface area contributed by atoms with Crippen molar-refractivity contribution in [1.29, 1.82) is 0 Å². The van der Waals surface area contributed by atoms with Crippen LogP contribution in [0.1, 0.15) is 23.7 Å². The van der Waals surface area contributed by atoms with Crippen LogP contribution in [0.15, 0.2) is 22.7 Å². The maximum atomic E-state index is 12.0. The molecule has 0 radical (unpaired) electrons. The number of amides is 1. The van der Waals surface area contributed by atoms with Crippen molar-refractivity contribution in [2.75, 3.05) is 12.0 Å². The van der Waals surface area contributed by atoms with E-state index in [0.717, 1.165) is 12.2 Å². The molecule has 1 unspecified atom stereocenters. The van der Waals surface area contributed by atoms with E-state index in [2.05, 4.69) is 21.2 Å². The van der Waals surface area contributed by atoms with Crippen molar-refractivity contribution in [2.24, 2.45) is 0 Å². The third kappa shape index (κ3) is 4.83. The van der Waals surface area contributed by atoms with E-state index in [4.69, 9.17) is 0 Å². The molecule has 0 saturated carbocycles. The van der Waals surface area contributed by atoms with Crippen LogP contribution in [0.4, 0.5) is 5.69 Å². The number of hydrogen-bond donors (Lipinski definition) is 1. The largest absolute Gasteiger partial charge is 0.350 e. The van der Waals surface area contributed by atoms with Gasteiger partial charge in [-0.15, -0.1) is 0 Å². The Morgan fingerprint density at radius 3 is 2.84 bits per heavy atom. The van der Waals surface area contributed by atoms with Crippen LogP contribution in [0, 0.1) is 10.1 Å². The van der Waals surface area contributed by atoms with Gasteiger partial charge < -0.3 is 5.32 Å². The van der Waals surface area contributed by atoms with Crippen LogP contribution in [0.3, 0.4) is 0 Å². The lowest BCUT2D eigenvalue weighted by Gasteiger charge is -2.13. The van der Waals surface area contributed by atoms with Gasteiger partial charge in [-0.3, -0.25) is 14.9 Å². The number of thioether (sulfide) groups is 1. The average Bonchev–Trinajstić information content (AvgIpc) is 2.36. The normalized spacial score (nSPS) is 11.9. The molecule has 0 fully saturated rings. The fourth-order valence-electron chi connectivity index (χ4n) is 1.47. The lowest BCUT2D eigenvalue weighted by Crippen LogP contribution is -2.33. The summed E-state index contributed by atoms with van der Waals surface area (Å²) < 4.78 is 0.549. The van der Waals surface area contributed by atoms with E-state index in [1.165, 1.54) is 18.2 Å². The van der Waals surface area contributed by atoms with Crippen molar-refractivity contribution in [3.63, 3.8) is 0 Å². The van der Waals surface area contributed by atoms with Crippen molar-refractivity contribution >= 4 is 39.3 Å². The van der Waals surface area contributed by atoms with Crippen molar-refractivity contribution in [3.05, 3.63) is 38.3 Å². The monoisotopic (exact) mass is 346 g/mol. The molecule has 1 amide bonds. The van der Waals surface area contributed by atoms with Crippen LogP contribution < -0.4 is 5.32 Å². The number of hydrogen-bond acceptors (Lipinski definition) is 4. The number of benzene rings is 1. The van der Waals surface area contributed by atoms with Crippen LogP contribution in [0.25, 0.3) is 0 Å². The van der Waals surface area contributed by atoms with Gasteiger partial charge in [-0.1, -0.05) is 0 Å². The number of nitro benzene ring substituents is 1. The number of nitro groups is 1. The first-order chi connectivity index (χ1) is 8.95. The van der Waals surface area contributed by atoms with Gasteiger partial charge in [0.25, 0.3) is 11.6 Å². The molecule has 1 atom stereocenters. The minimum Gasteiger partial charge on any atom is -0.350 e. The summed E-state index contributed by atoms with van der Waals surface area (Å²) in [6.45, 7) is 1.92. The van der Waals surface area contributed by atoms with Gasteiger partial charge in [0.1, 0.15) is 0 Å². The van der Waals surface area contributed by atoms with Gasteiger partial charge >= 0.3 is 0 Å². The summed E-state index contributed by atoms with van der Waals surface area (Å²) in [5, 5.41) is 13.5. The SMILES string of the molecule is CSCCC(C)NC(=O)c1cc([N+](=O)[O-])ccc1Br. The molecule has 0 bridgehead atoms. The lowest BCUT2D eigenvalue weighted by molar-refractivity contribution is -0.384. The zero-order valence-electron chi connectivity index (χ0n) is 10.7. The Hall–Kier alpha value is -1.08. The first-order valence-electron chi connectivity index (χ1n) is 5.69. The molecule has 1 aromatic rings. The smallest absolute Gasteiger partial charge is 0.270 e. The van der Waals surface area contributed by atoms with Crippen LogP contribution >= 0.6 is 27.7 Å². The van der Waals surface area contributed by atoms with Crippen molar-refractivity contribution in [1.82, 2.24) is 5.32 Å². The molecule has 1 N–H and O–H groups in total. The Balaban J connectivity index is 2.81. The standard InChI is InChI=1S/C12H15BrN2O3S/c1-8(5-6-19-2)14-12(16)10-7-9(15(17)18)3-4-11(10)13/h3-4,7-8H,5-6H2,1-2H3,(H,14,16). The number of rotatable bonds is 6. The van der Waals surface area contributed by atoms with Gasteiger partial charge in [0, 0.05) is 22.6 Å². The second kappa shape index (κ2) is 7.49. The summed E-state index contributed by atoms with van der Waals surface area (Å²) in [6, 6.07) is 4.18. The average molecular weight is 347 g/mol. The number of halogens is 1. The number of carbonyl (C=O) groups excluding carboxylic acids is 1. The Labute approximate surface area is 124 Å². The molecular formula is C12H15BrN2O3S. The second-order valence-corrected chi connectivity index (χ2v) is 5.92. The van der Waals surface area contributed by atoms with E-state index in [1.54, 1.807) is 11.8 Å². The quantitative estimate of drug-likeness (QED) is 0.633. The molecule has 0 spiro atoms. The van der Waals surface area contributed by atoms with Gasteiger partial charge in [-0.2, -0.15) is 11.8 Å². The van der Waals surface area contributed by atoms with Gasteiger partial charge in [0.2, 0.25) is 0 Å². The Morgan fingerprint density at radius 1 is 1.58 bits per heavy atom. The molecule has 1 aromatic carbocycles. The molecule has 0 aliphatic carbocycles. The van der Waals surface area contributed by atoms with E-state index in [0.29, 0.717) is 4.47 Å². The van der Waals surface area contributed by atoms with Crippen molar-refractivity contribution < 1.29 is 9.72 Å². The molecule has 0 aliphatic heterocycles. The third-order valence-corrected chi connectivity index (χ3v) is 3.87. The van der Waals surface area contributed by atoms with E-state index in [-0.39, 0.29) is 23.2 Å². The number of non-ortho nitro benzene ring substituents is 1. The van der Waals surface area contributed by atoms with Crippen LogP contribution in [0.2, 0.25) is 0 Å². The fraction of sp³-hybridized carbons (Fsp3) is 0.417. The summed E-state index contributed by atoms with van der Waals surface area (Å²) in [6.07, 6.45) is 2.87. The highest BCUT2D eigenvalue weighted by molar-refractivity contribution is 9.10. The Bertz CT molecular complexity index is 482. The van der Waals surface area contributed by atoms with E-state index >= 15 is 0 Å². The highest BCUT2D eigenvalue weighted by Crippen LogP contribution is 2.22. The van der Waals surface area contributed by atoms with Crippen LogP contribution in [-0.4, -0.2) is 28.9 Å². The van der Waals surface area contributed by atoms with Gasteiger partial charge in [0.15, 0.2) is 0 Å². The maximum absolute atomic E-state index is 12.0.